The van der Waals surface area contributed by atoms with Crippen LogP contribution in [0.2, 0.25) is 0 Å². The Morgan fingerprint density at radius 3 is 2.85 bits per heavy atom. The Hall–Kier alpha value is -0.900. The number of rotatable bonds is 2. The summed E-state index contributed by atoms with van der Waals surface area (Å²) < 4.78 is 4.82. The van der Waals surface area contributed by atoms with Gasteiger partial charge in [0.2, 0.25) is 0 Å². The molecule has 0 aromatic carbocycles. The molecule has 4 nitrogen and oxygen atoms in total. The van der Waals surface area contributed by atoms with Gasteiger partial charge in [-0.2, -0.15) is 0 Å². The first-order valence-corrected chi connectivity index (χ1v) is 4.58. The lowest BCUT2D eigenvalue weighted by Crippen LogP contribution is -2.49. The number of esters is 1. The van der Waals surface area contributed by atoms with E-state index in [2.05, 4.69) is 5.32 Å². The van der Waals surface area contributed by atoms with Gasteiger partial charge in [-0.05, 0) is 13.8 Å². The quantitative estimate of drug-likeness (QED) is 0.627. The van der Waals surface area contributed by atoms with E-state index in [0.717, 1.165) is 0 Å². The van der Waals surface area contributed by atoms with E-state index >= 15 is 0 Å². The van der Waals surface area contributed by atoms with Crippen molar-refractivity contribution < 1.29 is 14.3 Å². The maximum atomic E-state index is 11.3. The van der Waals surface area contributed by atoms with Gasteiger partial charge in [0.1, 0.15) is 11.8 Å². The Kier molecular flexibility index (Phi) is 3.42. The highest BCUT2D eigenvalue weighted by atomic mass is 16.5. The van der Waals surface area contributed by atoms with Gasteiger partial charge in [-0.25, -0.2) is 0 Å². The Labute approximate surface area is 77.6 Å². The number of hydrogen-bond acceptors (Lipinski definition) is 4. The molecule has 1 fully saturated rings. The Morgan fingerprint density at radius 2 is 2.31 bits per heavy atom. The summed E-state index contributed by atoms with van der Waals surface area (Å²) in [6, 6.07) is -0.355. The predicted molar refractivity (Wildman–Crippen MR) is 47.3 cm³/mol. The molecule has 13 heavy (non-hydrogen) atoms. The molecule has 0 spiro atoms. The van der Waals surface area contributed by atoms with Crippen molar-refractivity contribution in [2.75, 3.05) is 6.61 Å². The number of nitrogens with one attached hydrogen (secondary N) is 1. The largest absolute Gasteiger partial charge is 0.465 e. The first kappa shape index (κ1) is 10.2. The van der Waals surface area contributed by atoms with E-state index in [1.807, 2.05) is 6.92 Å². The molecule has 0 radical (unpaired) electrons. The van der Waals surface area contributed by atoms with Crippen LogP contribution in [-0.2, 0) is 14.3 Å². The topological polar surface area (TPSA) is 55.4 Å². The van der Waals surface area contributed by atoms with Crippen LogP contribution in [0.15, 0.2) is 0 Å². The number of hydrogen-bond donors (Lipinski definition) is 1. The molecular weight excluding hydrogens is 170 g/mol. The fourth-order valence-corrected chi connectivity index (χ4v) is 1.51. The van der Waals surface area contributed by atoms with Gasteiger partial charge in [0, 0.05) is 18.9 Å². The van der Waals surface area contributed by atoms with Gasteiger partial charge in [-0.15, -0.1) is 0 Å². The second-order valence-corrected chi connectivity index (χ2v) is 3.32. The van der Waals surface area contributed by atoms with Gasteiger partial charge in [-0.1, -0.05) is 0 Å². The molecule has 1 rings (SSSR count). The van der Waals surface area contributed by atoms with Crippen LogP contribution in [0.4, 0.5) is 0 Å². The zero-order valence-electron chi connectivity index (χ0n) is 8.00. The molecule has 0 aromatic rings. The fraction of sp³-hybridized carbons (Fsp3) is 0.778. The zero-order valence-corrected chi connectivity index (χ0v) is 8.00. The van der Waals surface area contributed by atoms with Gasteiger partial charge in [0.05, 0.1) is 6.61 Å². The average Bonchev–Trinajstić information content (AvgIpc) is 2.03. The van der Waals surface area contributed by atoms with E-state index in [1.165, 1.54) is 0 Å². The Morgan fingerprint density at radius 1 is 1.62 bits per heavy atom. The van der Waals surface area contributed by atoms with Crippen LogP contribution in [0, 0.1) is 0 Å². The molecule has 1 saturated heterocycles. The number of carbonyl (C=O) groups excluding carboxylic acids is 2. The lowest BCUT2D eigenvalue weighted by atomic mass is 9.98. The molecule has 74 valence electrons. The molecule has 0 bridgehead atoms. The SMILES string of the molecule is CCOC(=O)[C@H]1CC(=O)C[C@@H](C)N1. The molecule has 2 atom stereocenters. The molecule has 1 aliphatic heterocycles. The van der Waals surface area contributed by atoms with Crippen molar-refractivity contribution >= 4 is 11.8 Å². The highest BCUT2D eigenvalue weighted by Gasteiger charge is 2.29. The molecule has 0 aromatic heterocycles. The zero-order chi connectivity index (χ0) is 9.84. The van der Waals surface area contributed by atoms with Crippen LogP contribution < -0.4 is 5.32 Å². The highest BCUT2D eigenvalue weighted by molar-refractivity contribution is 5.88. The summed E-state index contributed by atoms with van der Waals surface area (Å²) in [6.07, 6.45) is 0.777. The summed E-state index contributed by atoms with van der Waals surface area (Å²) in [6.45, 7) is 4.01. The van der Waals surface area contributed by atoms with E-state index in [9.17, 15) is 9.59 Å². The molecular formula is C9H15NO3. The predicted octanol–water partition coefficient (Wildman–Crippen LogP) is 0.259. The summed E-state index contributed by atoms with van der Waals surface area (Å²) in [5.74, 6) is -0.188. The van der Waals surface area contributed by atoms with E-state index in [-0.39, 0.29) is 24.2 Å². The third-order valence-electron chi connectivity index (χ3n) is 2.02. The monoisotopic (exact) mass is 185 g/mol. The second-order valence-electron chi connectivity index (χ2n) is 3.32. The molecule has 1 aliphatic rings. The van der Waals surface area contributed by atoms with Crippen molar-refractivity contribution in [3.05, 3.63) is 0 Å². The minimum Gasteiger partial charge on any atom is -0.465 e. The second kappa shape index (κ2) is 4.37. The number of piperidine rings is 1. The van der Waals surface area contributed by atoms with Gasteiger partial charge < -0.3 is 10.1 Å². The Balaban J connectivity index is 2.49. The maximum absolute atomic E-state index is 11.3. The Bertz CT molecular complexity index is 215. The third-order valence-corrected chi connectivity index (χ3v) is 2.02. The standard InChI is InChI=1S/C9H15NO3/c1-3-13-9(12)8-5-7(11)4-6(2)10-8/h6,8,10H,3-5H2,1-2H3/t6-,8-/m1/s1. The molecule has 1 N–H and O–H groups in total. The van der Waals surface area contributed by atoms with Gasteiger partial charge in [0.25, 0.3) is 0 Å². The first-order chi connectivity index (χ1) is 6.13. The maximum Gasteiger partial charge on any atom is 0.323 e. The van der Waals surface area contributed by atoms with Crippen LogP contribution in [0.5, 0.6) is 0 Å². The molecule has 0 unspecified atom stereocenters. The lowest BCUT2D eigenvalue weighted by Gasteiger charge is -2.25. The van der Waals surface area contributed by atoms with E-state index in [4.69, 9.17) is 4.74 Å². The van der Waals surface area contributed by atoms with E-state index in [0.29, 0.717) is 13.0 Å². The number of Topliss-reactive ketones (excluding diaryl/α,β-unsaturated/α-hetero) is 1. The van der Waals surface area contributed by atoms with Crippen molar-refractivity contribution in [1.29, 1.82) is 0 Å². The van der Waals surface area contributed by atoms with Crippen LogP contribution in [-0.4, -0.2) is 30.4 Å². The van der Waals surface area contributed by atoms with Gasteiger partial charge in [-0.3, -0.25) is 9.59 Å². The third kappa shape index (κ3) is 2.81. The average molecular weight is 185 g/mol. The summed E-state index contributed by atoms with van der Waals surface area (Å²) in [5, 5.41) is 3.04. The number of ketones is 1. The molecule has 0 amide bonds. The molecule has 4 heteroatoms. The summed E-state index contributed by atoms with van der Waals surface area (Å²) in [4.78, 5) is 22.4. The van der Waals surface area contributed by atoms with Gasteiger partial charge in [0.15, 0.2) is 0 Å². The van der Waals surface area contributed by atoms with Gasteiger partial charge >= 0.3 is 5.97 Å². The van der Waals surface area contributed by atoms with Crippen molar-refractivity contribution in [1.82, 2.24) is 5.32 Å². The normalized spacial score (nSPS) is 28.6. The summed E-state index contributed by atoms with van der Waals surface area (Å²) in [7, 11) is 0. The summed E-state index contributed by atoms with van der Waals surface area (Å²) >= 11 is 0. The molecule has 0 aliphatic carbocycles. The van der Waals surface area contributed by atoms with Crippen LogP contribution in [0.25, 0.3) is 0 Å². The molecule has 1 heterocycles. The highest BCUT2D eigenvalue weighted by Crippen LogP contribution is 2.10. The molecule has 0 saturated carbocycles. The van der Waals surface area contributed by atoms with Crippen LogP contribution in [0.3, 0.4) is 0 Å². The van der Waals surface area contributed by atoms with Crippen LogP contribution >= 0.6 is 0 Å². The smallest absolute Gasteiger partial charge is 0.323 e. The van der Waals surface area contributed by atoms with Crippen LogP contribution in [0.1, 0.15) is 26.7 Å². The first-order valence-electron chi connectivity index (χ1n) is 4.58. The minimum atomic E-state index is -0.434. The fourth-order valence-electron chi connectivity index (χ4n) is 1.51. The number of carbonyl (C=O) groups is 2. The van der Waals surface area contributed by atoms with Crippen molar-refractivity contribution in [3.63, 3.8) is 0 Å². The van der Waals surface area contributed by atoms with E-state index < -0.39 is 6.04 Å². The minimum absolute atomic E-state index is 0.0793. The van der Waals surface area contributed by atoms with Crippen molar-refractivity contribution in [2.24, 2.45) is 0 Å². The number of ether oxygens (including phenoxy) is 1. The van der Waals surface area contributed by atoms with Crippen molar-refractivity contribution in [3.8, 4) is 0 Å². The van der Waals surface area contributed by atoms with E-state index in [1.54, 1.807) is 6.92 Å². The summed E-state index contributed by atoms with van der Waals surface area (Å²) in [5.41, 5.74) is 0. The van der Waals surface area contributed by atoms with Crippen molar-refractivity contribution in [2.45, 2.75) is 38.8 Å². The lowest BCUT2D eigenvalue weighted by molar-refractivity contribution is -0.148.